The molecule has 26 heavy (non-hydrogen) atoms. The van der Waals surface area contributed by atoms with Gasteiger partial charge in [-0.1, -0.05) is 18.2 Å². The van der Waals surface area contributed by atoms with Gasteiger partial charge in [0.15, 0.2) is 22.7 Å². The molecule has 3 aromatic rings. The molecule has 1 aliphatic heterocycles. The first-order chi connectivity index (χ1) is 12.5. The largest absolute Gasteiger partial charge is 0.424 e. The Hall–Kier alpha value is -2.79. The van der Waals surface area contributed by atoms with E-state index in [0.29, 0.717) is 5.75 Å². The lowest BCUT2D eigenvalue weighted by Gasteiger charge is -2.27. The molecule has 4 rings (SSSR count). The van der Waals surface area contributed by atoms with Crippen LogP contribution in [0.5, 0.6) is 11.8 Å². The number of para-hydroxylation sites is 1. The number of fused-ring (bicyclic) bond motifs is 1. The third kappa shape index (κ3) is 2.56. The number of hydrogen-bond donors (Lipinski definition) is 4. The summed E-state index contributed by atoms with van der Waals surface area (Å²) >= 11 is 0. The first-order valence-electron chi connectivity index (χ1n) is 7.90. The lowest BCUT2D eigenvalue weighted by atomic mass is 10.1. The number of aliphatic hydroxyl groups is 3. The molecule has 3 heterocycles. The number of ether oxygens (including phenoxy) is 2. The number of aliphatic hydroxyl groups excluding tert-OH is 2. The zero-order valence-corrected chi connectivity index (χ0v) is 13.6. The van der Waals surface area contributed by atoms with Gasteiger partial charge in [0, 0.05) is 0 Å². The van der Waals surface area contributed by atoms with E-state index in [1.54, 1.807) is 24.3 Å². The third-order valence-electron chi connectivity index (χ3n) is 4.29. The van der Waals surface area contributed by atoms with Gasteiger partial charge in [0.2, 0.25) is 0 Å². The fourth-order valence-electron chi connectivity index (χ4n) is 2.89. The second-order valence-corrected chi connectivity index (χ2v) is 5.95. The molecular weight excluding hydrogens is 342 g/mol. The van der Waals surface area contributed by atoms with E-state index < -0.39 is 24.5 Å². The molecule has 136 valence electrons. The van der Waals surface area contributed by atoms with Crippen LogP contribution in [-0.4, -0.2) is 60.3 Å². The molecule has 5 N–H and O–H groups in total. The van der Waals surface area contributed by atoms with Crippen LogP contribution in [0, 0.1) is 0 Å². The minimum Gasteiger partial charge on any atom is -0.424 e. The molecule has 0 aliphatic carbocycles. The van der Waals surface area contributed by atoms with E-state index in [-0.39, 0.29) is 29.6 Å². The van der Waals surface area contributed by atoms with Crippen molar-refractivity contribution in [1.82, 2.24) is 19.5 Å². The number of anilines is 1. The minimum absolute atomic E-state index is 0.0290. The summed E-state index contributed by atoms with van der Waals surface area (Å²) in [6.45, 7) is -0.681. The molecule has 1 aliphatic rings. The lowest BCUT2D eigenvalue weighted by molar-refractivity contribution is -0.110. The van der Waals surface area contributed by atoms with E-state index in [4.69, 9.17) is 15.2 Å². The fourth-order valence-corrected chi connectivity index (χ4v) is 2.89. The monoisotopic (exact) mass is 359 g/mol. The Balaban J connectivity index is 1.77. The number of rotatable bonds is 4. The Morgan fingerprint density at radius 2 is 2.08 bits per heavy atom. The van der Waals surface area contributed by atoms with Crippen LogP contribution < -0.4 is 10.5 Å². The van der Waals surface area contributed by atoms with Crippen molar-refractivity contribution in [2.24, 2.45) is 0 Å². The van der Waals surface area contributed by atoms with Crippen LogP contribution in [0.25, 0.3) is 11.2 Å². The molecule has 1 fully saturated rings. The number of imidazole rings is 1. The molecule has 10 nitrogen and oxygen atoms in total. The van der Waals surface area contributed by atoms with Gasteiger partial charge in [0.25, 0.3) is 0 Å². The number of nitrogens with zero attached hydrogens (tertiary/aromatic N) is 4. The summed E-state index contributed by atoms with van der Waals surface area (Å²) < 4.78 is 12.1. The fraction of sp³-hybridized carbons (Fsp3) is 0.312. The van der Waals surface area contributed by atoms with Crippen molar-refractivity contribution in [1.29, 1.82) is 0 Å². The van der Waals surface area contributed by atoms with E-state index in [1.165, 1.54) is 10.9 Å². The predicted octanol–water partition coefficient (Wildman–Crippen LogP) is -0.402. The molecule has 1 saturated heterocycles. The summed E-state index contributed by atoms with van der Waals surface area (Å²) in [5, 5.41) is 30.5. The van der Waals surface area contributed by atoms with Gasteiger partial charge in [-0.25, -0.2) is 4.98 Å². The van der Waals surface area contributed by atoms with Crippen LogP contribution in [-0.2, 0) is 10.5 Å². The second kappa shape index (κ2) is 6.18. The van der Waals surface area contributed by atoms with Crippen molar-refractivity contribution < 1.29 is 24.8 Å². The molecule has 0 spiro atoms. The maximum absolute atomic E-state index is 10.9. The zero-order valence-electron chi connectivity index (χ0n) is 13.6. The quantitative estimate of drug-likeness (QED) is 0.488. The molecular formula is C16H17N5O5. The van der Waals surface area contributed by atoms with E-state index >= 15 is 0 Å². The Morgan fingerprint density at radius 3 is 2.77 bits per heavy atom. The molecule has 1 aromatic carbocycles. The highest BCUT2D eigenvalue weighted by Gasteiger charge is 2.50. The summed E-state index contributed by atoms with van der Waals surface area (Å²) in [4.78, 5) is 12.4. The number of nitrogens with two attached hydrogens (primary N) is 1. The van der Waals surface area contributed by atoms with Crippen molar-refractivity contribution in [3.05, 3.63) is 36.7 Å². The van der Waals surface area contributed by atoms with Gasteiger partial charge in [-0.15, -0.1) is 0 Å². The van der Waals surface area contributed by atoms with Crippen molar-refractivity contribution in [3.63, 3.8) is 0 Å². The van der Waals surface area contributed by atoms with Gasteiger partial charge in [-0.05, 0) is 12.1 Å². The van der Waals surface area contributed by atoms with Crippen LogP contribution in [0.15, 0.2) is 36.7 Å². The van der Waals surface area contributed by atoms with E-state index in [2.05, 4.69) is 15.0 Å². The van der Waals surface area contributed by atoms with E-state index in [1.807, 2.05) is 6.07 Å². The summed E-state index contributed by atoms with van der Waals surface area (Å²) in [7, 11) is 0. The minimum atomic E-state index is -1.85. The number of nitrogen functional groups attached to an aromatic ring is 1. The van der Waals surface area contributed by atoms with Crippen molar-refractivity contribution >= 4 is 17.0 Å². The van der Waals surface area contributed by atoms with Gasteiger partial charge >= 0.3 is 6.01 Å². The van der Waals surface area contributed by atoms with Crippen molar-refractivity contribution in [2.75, 3.05) is 18.9 Å². The molecule has 2 aromatic heterocycles. The molecule has 0 radical (unpaired) electrons. The summed E-state index contributed by atoms with van der Waals surface area (Å²) in [6.07, 6.45) is -1.01. The molecule has 10 heteroatoms. The normalized spacial score (nSPS) is 25.7. The average Bonchev–Trinajstić information content (AvgIpc) is 3.19. The number of hydrogen-bond acceptors (Lipinski definition) is 9. The highest BCUT2D eigenvalue weighted by molar-refractivity contribution is 5.82. The first-order valence-corrected chi connectivity index (χ1v) is 7.90. The third-order valence-corrected chi connectivity index (χ3v) is 4.29. The highest BCUT2D eigenvalue weighted by atomic mass is 16.5. The van der Waals surface area contributed by atoms with Gasteiger partial charge in [-0.3, -0.25) is 4.57 Å². The Kier molecular flexibility index (Phi) is 3.96. The maximum Gasteiger partial charge on any atom is 0.326 e. The molecule has 0 unspecified atom stereocenters. The van der Waals surface area contributed by atoms with Gasteiger partial charge in [-0.2, -0.15) is 9.97 Å². The van der Waals surface area contributed by atoms with E-state index in [9.17, 15) is 15.3 Å². The molecule has 0 bridgehead atoms. The zero-order chi connectivity index (χ0) is 18.3. The van der Waals surface area contributed by atoms with Crippen LogP contribution in [0.3, 0.4) is 0 Å². The average molecular weight is 359 g/mol. The van der Waals surface area contributed by atoms with Crippen molar-refractivity contribution in [2.45, 2.75) is 17.9 Å². The molecule has 0 amide bonds. The lowest BCUT2D eigenvalue weighted by Crippen LogP contribution is -2.46. The predicted molar refractivity (Wildman–Crippen MR) is 89.3 cm³/mol. The second-order valence-electron chi connectivity index (χ2n) is 5.95. The number of benzene rings is 1. The molecule has 0 saturated carbocycles. The van der Waals surface area contributed by atoms with Crippen LogP contribution >= 0.6 is 0 Å². The standard InChI is InChI=1S/C16H17N5O5/c17-13-11-14(20-15(19-13)26-9-4-2-1-3-5-9)21(8-18-11)16(24)7-25-10(6-22)12(16)23/h1-5,8,10,12,22-24H,6-7H2,(H2,17,19,20)/t10-,12-,16-/m1/s1. The summed E-state index contributed by atoms with van der Waals surface area (Å²) in [5.74, 6) is 0.580. The highest BCUT2D eigenvalue weighted by Crippen LogP contribution is 2.33. The number of aromatic nitrogens is 4. The molecule has 3 atom stereocenters. The van der Waals surface area contributed by atoms with Crippen LogP contribution in [0.4, 0.5) is 5.82 Å². The Bertz CT molecular complexity index is 933. The van der Waals surface area contributed by atoms with Crippen molar-refractivity contribution in [3.8, 4) is 11.8 Å². The SMILES string of the molecule is Nc1nc(Oc2ccccc2)nc2c1ncn2[C@@]1(O)CO[C@H](CO)[C@H]1O. The van der Waals surface area contributed by atoms with Crippen LogP contribution in [0.1, 0.15) is 0 Å². The van der Waals surface area contributed by atoms with Crippen LogP contribution in [0.2, 0.25) is 0 Å². The Labute approximate surface area is 147 Å². The summed E-state index contributed by atoms with van der Waals surface area (Å²) in [5.41, 5.74) is 4.50. The topological polar surface area (TPSA) is 149 Å². The smallest absolute Gasteiger partial charge is 0.326 e. The van der Waals surface area contributed by atoms with Gasteiger partial charge in [0.05, 0.1) is 19.5 Å². The Morgan fingerprint density at radius 1 is 1.31 bits per heavy atom. The van der Waals surface area contributed by atoms with E-state index in [0.717, 1.165) is 0 Å². The van der Waals surface area contributed by atoms with Gasteiger partial charge in [0.1, 0.15) is 18.0 Å². The maximum atomic E-state index is 10.9. The van der Waals surface area contributed by atoms with Gasteiger partial charge < -0.3 is 30.5 Å². The summed E-state index contributed by atoms with van der Waals surface area (Å²) in [6, 6.07) is 8.87. The first kappa shape index (κ1) is 16.7.